The maximum Gasteiger partial charge on any atom is 0.124 e. The Bertz CT molecular complexity index is 321. The number of halogens is 3. The van der Waals surface area contributed by atoms with Gasteiger partial charge < -0.3 is 11.1 Å². The Morgan fingerprint density at radius 3 is 2.43 bits per heavy atom. The summed E-state index contributed by atoms with van der Waals surface area (Å²) in [5.74, 6) is -0.249. The van der Waals surface area contributed by atoms with Crippen molar-refractivity contribution < 1.29 is 4.39 Å². The van der Waals surface area contributed by atoms with Gasteiger partial charge in [0.1, 0.15) is 5.82 Å². The Labute approximate surface area is 96.6 Å². The van der Waals surface area contributed by atoms with Gasteiger partial charge in [0.25, 0.3) is 0 Å². The fourth-order valence-corrected chi connectivity index (χ4v) is 1.91. The predicted octanol–water partition coefficient (Wildman–Crippen LogP) is 1.77. The van der Waals surface area contributed by atoms with Gasteiger partial charge in [-0.1, -0.05) is 15.9 Å². The van der Waals surface area contributed by atoms with E-state index in [1.165, 1.54) is 12.1 Å². The Kier molecular flexibility index (Phi) is 3.53. The number of benzene rings is 1. The maximum atomic E-state index is 13.0. The number of nitrogens with two attached hydrogens (primary N) is 1. The van der Waals surface area contributed by atoms with E-state index in [0.717, 1.165) is 10.0 Å². The van der Waals surface area contributed by atoms with Gasteiger partial charge in [0, 0.05) is 17.6 Å². The maximum absolute atomic E-state index is 13.0. The third-order valence-corrected chi connectivity index (χ3v) is 2.78. The van der Waals surface area contributed by atoms with E-state index in [1.54, 1.807) is 0 Å². The minimum absolute atomic E-state index is 0. The third-order valence-electron chi connectivity index (χ3n) is 2.32. The molecule has 0 radical (unpaired) electrons. The van der Waals surface area contributed by atoms with Crippen LogP contribution in [0.2, 0.25) is 0 Å². The van der Waals surface area contributed by atoms with Crippen LogP contribution >= 0.6 is 28.3 Å². The summed E-state index contributed by atoms with van der Waals surface area (Å²) in [5.41, 5.74) is 6.47. The third kappa shape index (κ3) is 2.08. The molecule has 0 amide bonds. The second-order valence-corrected chi connectivity index (χ2v) is 4.33. The molecule has 0 unspecified atom stereocenters. The van der Waals surface area contributed by atoms with Gasteiger partial charge in [-0.25, -0.2) is 4.39 Å². The number of rotatable bonds is 1. The summed E-state index contributed by atoms with van der Waals surface area (Å²) in [6.07, 6.45) is 0. The minimum atomic E-state index is -0.384. The molecule has 1 saturated heterocycles. The summed E-state index contributed by atoms with van der Waals surface area (Å²) >= 11 is 3.24. The summed E-state index contributed by atoms with van der Waals surface area (Å²) in [7, 11) is 0. The van der Waals surface area contributed by atoms with Crippen molar-refractivity contribution in [3.63, 3.8) is 0 Å². The number of hydrogen-bond acceptors (Lipinski definition) is 2. The first-order valence-electron chi connectivity index (χ1n) is 4.06. The highest BCUT2D eigenvalue weighted by molar-refractivity contribution is 9.10. The van der Waals surface area contributed by atoms with Gasteiger partial charge in [-0.15, -0.1) is 12.4 Å². The lowest BCUT2D eigenvalue weighted by Gasteiger charge is -2.39. The lowest BCUT2D eigenvalue weighted by molar-refractivity contribution is 0.286. The van der Waals surface area contributed by atoms with E-state index >= 15 is 0 Å². The molecule has 78 valence electrons. The van der Waals surface area contributed by atoms with Gasteiger partial charge in [0.15, 0.2) is 0 Å². The first kappa shape index (κ1) is 11.9. The molecule has 5 heteroatoms. The molecule has 0 bridgehead atoms. The lowest BCUT2D eigenvalue weighted by atomic mass is 9.85. The largest absolute Gasteiger partial charge is 0.319 e. The summed E-state index contributed by atoms with van der Waals surface area (Å²) in [4.78, 5) is 0. The topological polar surface area (TPSA) is 38.0 Å². The Hall–Kier alpha value is -0.160. The van der Waals surface area contributed by atoms with Crippen LogP contribution in [0.25, 0.3) is 0 Å². The molecule has 1 aromatic carbocycles. The van der Waals surface area contributed by atoms with Crippen LogP contribution in [0.4, 0.5) is 4.39 Å². The van der Waals surface area contributed by atoms with Crippen molar-refractivity contribution in [2.24, 2.45) is 5.73 Å². The Morgan fingerprint density at radius 1 is 1.36 bits per heavy atom. The molecule has 2 nitrogen and oxygen atoms in total. The summed E-state index contributed by atoms with van der Waals surface area (Å²) in [6.45, 7) is 1.42. The number of hydrogen-bond donors (Lipinski definition) is 2. The molecule has 0 aliphatic carbocycles. The van der Waals surface area contributed by atoms with Gasteiger partial charge in [-0.3, -0.25) is 0 Å². The van der Waals surface area contributed by atoms with E-state index in [4.69, 9.17) is 5.73 Å². The van der Waals surface area contributed by atoms with Crippen LogP contribution in [0, 0.1) is 5.82 Å². The van der Waals surface area contributed by atoms with Crippen molar-refractivity contribution in [3.8, 4) is 0 Å². The van der Waals surface area contributed by atoms with Crippen molar-refractivity contribution in [2.45, 2.75) is 5.54 Å². The quantitative estimate of drug-likeness (QED) is 0.823. The molecule has 1 aliphatic rings. The zero-order valence-corrected chi connectivity index (χ0v) is 9.79. The van der Waals surface area contributed by atoms with E-state index in [-0.39, 0.29) is 23.8 Å². The zero-order valence-electron chi connectivity index (χ0n) is 7.39. The molecular weight excluding hydrogens is 270 g/mol. The summed E-state index contributed by atoms with van der Waals surface area (Å²) in [6, 6.07) is 4.79. The Morgan fingerprint density at radius 2 is 2.00 bits per heavy atom. The normalized spacial score (nSPS) is 18.2. The summed E-state index contributed by atoms with van der Waals surface area (Å²) < 4.78 is 13.7. The molecular formula is C9H11BrClFN2. The first-order chi connectivity index (χ1) is 6.10. The molecule has 0 aromatic heterocycles. The predicted molar refractivity (Wildman–Crippen MR) is 60.1 cm³/mol. The highest BCUT2D eigenvalue weighted by atomic mass is 79.9. The fourth-order valence-electron chi connectivity index (χ4n) is 1.44. The van der Waals surface area contributed by atoms with Crippen LogP contribution in [0.15, 0.2) is 22.7 Å². The number of nitrogens with one attached hydrogen (secondary N) is 1. The van der Waals surface area contributed by atoms with Gasteiger partial charge in [-0.2, -0.15) is 0 Å². The lowest BCUT2D eigenvalue weighted by Crippen LogP contribution is -2.62. The van der Waals surface area contributed by atoms with E-state index in [2.05, 4.69) is 21.2 Å². The van der Waals surface area contributed by atoms with Crippen molar-refractivity contribution >= 4 is 28.3 Å². The van der Waals surface area contributed by atoms with E-state index in [9.17, 15) is 4.39 Å². The molecule has 0 saturated carbocycles. The van der Waals surface area contributed by atoms with E-state index in [0.29, 0.717) is 13.1 Å². The van der Waals surface area contributed by atoms with Gasteiger partial charge in [0.05, 0.1) is 5.54 Å². The monoisotopic (exact) mass is 280 g/mol. The van der Waals surface area contributed by atoms with Crippen LogP contribution in [0.3, 0.4) is 0 Å². The van der Waals surface area contributed by atoms with Crippen LogP contribution in [0.5, 0.6) is 0 Å². The van der Waals surface area contributed by atoms with Crippen LogP contribution in [-0.4, -0.2) is 13.1 Å². The van der Waals surface area contributed by atoms with Crippen molar-refractivity contribution in [1.82, 2.24) is 5.32 Å². The SMILES string of the molecule is Cl.NC1(c2cc(F)cc(Br)c2)CNC1. The fraction of sp³-hybridized carbons (Fsp3) is 0.333. The standard InChI is InChI=1S/C9H10BrFN2.ClH/c10-7-1-6(2-8(11)3-7)9(12)4-13-5-9;/h1-3,13H,4-5,12H2;1H. The average Bonchev–Trinajstić information content (AvgIpc) is 1.98. The molecule has 2 rings (SSSR count). The van der Waals surface area contributed by atoms with Crippen LogP contribution in [-0.2, 0) is 5.54 Å². The molecule has 1 aromatic rings. The zero-order chi connectivity index (χ0) is 9.47. The van der Waals surface area contributed by atoms with Gasteiger partial charge in [-0.05, 0) is 23.8 Å². The molecule has 0 atom stereocenters. The van der Waals surface area contributed by atoms with Crippen LogP contribution < -0.4 is 11.1 Å². The molecule has 3 N–H and O–H groups in total. The highest BCUT2D eigenvalue weighted by Crippen LogP contribution is 2.26. The van der Waals surface area contributed by atoms with E-state index < -0.39 is 0 Å². The second kappa shape index (κ2) is 4.14. The van der Waals surface area contributed by atoms with Gasteiger partial charge in [0.2, 0.25) is 0 Å². The smallest absolute Gasteiger partial charge is 0.124 e. The average molecular weight is 282 g/mol. The summed E-state index contributed by atoms with van der Waals surface area (Å²) in [5, 5.41) is 3.08. The van der Waals surface area contributed by atoms with Crippen molar-refractivity contribution in [2.75, 3.05) is 13.1 Å². The van der Waals surface area contributed by atoms with Crippen LogP contribution in [0.1, 0.15) is 5.56 Å². The first-order valence-corrected chi connectivity index (χ1v) is 4.86. The van der Waals surface area contributed by atoms with Crippen molar-refractivity contribution in [3.05, 3.63) is 34.1 Å². The van der Waals surface area contributed by atoms with Crippen molar-refractivity contribution in [1.29, 1.82) is 0 Å². The Balaban J connectivity index is 0.000000980. The van der Waals surface area contributed by atoms with E-state index in [1.807, 2.05) is 6.07 Å². The highest BCUT2D eigenvalue weighted by Gasteiger charge is 2.34. The molecule has 1 heterocycles. The van der Waals surface area contributed by atoms with Gasteiger partial charge >= 0.3 is 0 Å². The second-order valence-electron chi connectivity index (χ2n) is 3.42. The molecule has 0 spiro atoms. The molecule has 14 heavy (non-hydrogen) atoms. The molecule has 1 fully saturated rings. The molecule has 1 aliphatic heterocycles. The minimum Gasteiger partial charge on any atom is -0.319 e.